The van der Waals surface area contributed by atoms with Crippen LogP contribution in [-0.4, -0.2) is 57.8 Å². The number of aliphatic carboxylic acids is 1. The highest BCUT2D eigenvalue weighted by atomic mass is 16.4. The summed E-state index contributed by atoms with van der Waals surface area (Å²) in [6.07, 6.45) is -1.10. The highest BCUT2D eigenvalue weighted by Gasteiger charge is 2.39. The second kappa shape index (κ2) is 5.11. The van der Waals surface area contributed by atoms with Crippen molar-refractivity contribution < 1.29 is 24.6 Å². The van der Waals surface area contributed by atoms with Crippen LogP contribution in [0.15, 0.2) is 0 Å². The van der Waals surface area contributed by atoms with Crippen molar-refractivity contribution in [3.63, 3.8) is 0 Å². The number of carboxylic acids is 1. The van der Waals surface area contributed by atoms with Gasteiger partial charge in [-0.05, 0) is 6.92 Å². The number of nitrogens with zero attached hydrogens (tertiary/aromatic N) is 1. The second-order valence-corrected chi connectivity index (χ2v) is 3.92. The van der Waals surface area contributed by atoms with Crippen LogP contribution in [0.2, 0.25) is 0 Å². The van der Waals surface area contributed by atoms with Gasteiger partial charge in [0.2, 0.25) is 11.8 Å². The Morgan fingerprint density at radius 2 is 2.24 bits per heavy atom. The van der Waals surface area contributed by atoms with Gasteiger partial charge in [-0.25, -0.2) is 0 Å². The van der Waals surface area contributed by atoms with Crippen molar-refractivity contribution >= 4 is 17.8 Å². The average molecular weight is 245 g/mol. The summed E-state index contributed by atoms with van der Waals surface area (Å²) in [7, 11) is 0. The van der Waals surface area contributed by atoms with Crippen LogP contribution < -0.4 is 11.1 Å². The van der Waals surface area contributed by atoms with E-state index in [-0.39, 0.29) is 6.42 Å². The average Bonchev–Trinajstić information content (AvgIpc) is 2.52. The highest BCUT2D eigenvalue weighted by molar-refractivity contribution is 5.92. The van der Waals surface area contributed by atoms with E-state index in [0.717, 1.165) is 4.90 Å². The summed E-state index contributed by atoms with van der Waals surface area (Å²) in [5.41, 5.74) is 5.38. The van der Waals surface area contributed by atoms with Gasteiger partial charge in [0.25, 0.3) is 0 Å². The van der Waals surface area contributed by atoms with Crippen molar-refractivity contribution in [1.29, 1.82) is 0 Å². The molecule has 8 nitrogen and oxygen atoms in total. The van der Waals surface area contributed by atoms with Gasteiger partial charge in [-0.15, -0.1) is 0 Å². The third kappa shape index (κ3) is 3.14. The van der Waals surface area contributed by atoms with E-state index < -0.39 is 42.6 Å². The smallest absolute Gasteiger partial charge is 0.323 e. The first-order chi connectivity index (χ1) is 7.82. The monoisotopic (exact) mass is 245 g/mol. The summed E-state index contributed by atoms with van der Waals surface area (Å²) in [5.74, 6) is -2.46. The molecule has 0 aromatic heterocycles. The number of carbonyl (C=O) groups excluding carboxylic acids is 2. The van der Waals surface area contributed by atoms with Gasteiger partial charge >= 0.3 is 5.97 Å². The van der Waals surface area contributed by atoms with Crippen LogP contribution in [0.4, 0.5) is 0 Å². The molecule has 1 heterocycles. The minimum absolute atomic E-state index is 0.0371. The van der Waals surface area contributed by atoms with Crippen LogP contribution >= 0.6 is 0 Å². The molecule has 0 aromatic carbocycles. The Balaban J connectivity index is 2.86. The first-order valence-electron chi connectivity index (χ1n) is 5.09. The van der Waals surface area contributed by atoms with E-state index in [1.165, 1.54) is 6.92 Å². The number of aliphatic hydroxyl groups is 1. The predicted molar refractivity (Wildman–Crippen MR) is 55.6 cm³/mol. The Labute approximate surface area is 97.4 Å². The van der Waals surface area contributed by atoms with Crippen LogP contribution in [0.3, 0.4) is 0 Å². The Morgan fingerprint density at radius 1 is 1.65 bits per heavy atom. The molecule has 8 heteroatoms. The number of hydrogen-bond acceptors (Lipinski definition) is 5. The molecular formula is C9H15N3O5. The molecule has 0 spiro atoms. The fourth-order valence-corrected chi connectivity index (χ4v) is 1.66. The summed E-state index contributed by atoms with van der Waals surface area (Å²) >= 11 is 0. The Bertz CT molecular complexity index is 344. The molecular weight excluding hydrogens is 230 g/mol. The van der Waals surface area contributed by atoms with E-state index in [1.54, 1.807) is 0 Å². The maximum Gasteiger partial charge on any atom is 0.323 e. The third-order valence-electron chi connectivity index (χ3n) is 2.41. The molecule has 0 aromatic rings. The zero-order valence-electron chi connectivity index (χ0n) is 9.29. The van der Waals surface area contributed by atoms with Crippen molar-refractivity contribution in [3.8, 4) is 0 Å². The van der Waals surface area contributed by atoms with E-state index in [1.807, 2.05) is 0 Å². The Morgan fingerprint density at radius 3 is 2.59 bits per heavy atom. The second-order valence-electron chi connectivity index (χ2n) is 3.92. The summed E-state index contributed by atoms with van der Waals surface area (Å²) < 4.78 is 0. The first-order valence-corrected chi connectivity index (χ1v) is 5.09. The molecule has 1 aliphatic rings. The molecule has 0 aliphatic carbocycles. The van der Waals surface area contributed by atoms with Crippen LogP contribution in [0.25, 0.3) is 0 Å². The van der Waals surface area contributed by atoms with Gasteiger partial charge in [-0.1, -0.05) is 0 Å². The number of rotatable bonds is 4. The molecule has 1 rings (SSSR count). The molecule has 96 valence electrons. The van der Waals surface area contributed by atoms with Gasteiger partial charge in [0.05, 0.1) is 6.04 Å². The molecule has 1 unspecified atom stereocenters. The van der Waals surface area contributed by atoms with Gasteiger partial charge in [0, 0.05) is 6.42 Å². The molecule has 1 aliphatic heterocycles. The quantitative estimate of drug-likeness (QED) is 0.431. The summed E-state index contributed by atoms with van der Waals surface area (Å²) in [6, 6.07) is -1.89. The molecule has 17 heavy (non-hydrogen) atoms. The SMILES string of the molecule is C[C@H](N)C(=O)N(CC(=O)O)[C@@H]1CC(O)NC1=O. The van der Waals surface area contributed by atoms with Gasteiger partial charge in [-0.3, -0.25) is 14.4 Å². The van der Waals surface area contributed by atoms with Crippen molar-refractivity contribution in [1.82, 2.24) is 10.2 Å². The van der Waals surface area contributed by atoms with Crippen molar-refractivity contribution in [2.24, 2.45) is 5.73 Å². The lowest BCUT2D eigenvalue weighted by Crippen LogP contribution is -2.52. The lowest BCUT2D eigenvalue weighted by Gasteiger charge is -2.26. The lowest BCUT2D eigenvalue weighted by atomic mass is 10.1. The van der Waals surface area contributed by atoms with E-state index in [9.17, 15) is 19.5 Å². The minimum Gasteiger partial charge on any atom is -0.480 e. The van der Waals surface area contributed by atoms with Crippen LogP contribution in [-0.2, 0) is 14.4 Å². The van der Waals surface area contributed by atoms with Crippen molar-refractivity contribution in [2.75, 3.05) is 6.54 Å². The fourth-order valence-electron chi connectivity index (χ4n) is 1.66. The third-order valence-corrected chi connectivity index (χ3v) is 2.41. The molecule has 1 saturated heterocycles. The van der Waals surface area contributed by atoms with E-state index in [4.69, 9.17) is 10.8 Å². The number of nitrogens with one attached hydrogen (secondary N) is 1. The van der Waals surface area contributed by atoms with Gasteiger partial charge in [0.15, 0.2) is 0 Å². The normalized spacial score (nSPS) is 25.2. The summed E-state index contributed by atoms with van der Waals surface area (Å²) in [6.45, 7) is 0.783. The Hall–Kier alpha value is -1.67. The van der Waals surface area contributed by atoms with E-state index >= 15 is 0 Å². The van der Waals surface area contributed by atoms with E-state index in [2.05, 4.69) is 5.32 Å². The van der Waals surface area contributed by atoms with Gasteiger partial charge in [0.1, 0.15) is 18.8 Å². The van der Waals surface area contributed by atoms with Crippen LogP contribution in [0.5, 0.6) is 0 Å². The molecule has 5 N–H and O–H groups in total. The topological polar surface area (TPSA) is 133 Å². The molecule has 3 atom stereocenters. The Kier molecular flexibility index (Phi) is 4.02. The predicted octanol–water partition coefficient (Wildman–Crippen LogP) is -2.55. The molecule has 1 fully saturated rings. The molecule has 0 radical (unpaired) electrons. The first kappa shape index (κ1) is 13.4. The number of hydrogen-bond donors (Lipinski definition) is 4. The van der Waals surface area contributed by atoms with Gasteiger partial charge < -0.3 is 26.2 Å². The number of aliphatic hydroxyl groups excluding tert-OH is 1. The van der Waals surface area contributed by atoms with E-state index in [0.29, 0.717) is 0 Å². The standard InChI is InChI=1S/C9H15N3O5/c1-4(10)9(17)12(3-7(14)15)5-2-6(13)11-8(5)16/h4-6,13H,2-3,10H2,1H3,(H,11,16)(H,14,15)/t4-,5+,6?/m0/s1. The number of carboxylic acid groups (broad SMARTS) is 1. The molecule has 2 amide bonds. The van der Waals surface area contributed by atoms with Crippen LogP contribution in [0.1, 0.15) is 13.3 Å². The number of carbonyl (C=O) groups is 3. The van der Waals surface area contributed by atoms with Crippen molar-refractivity contribution in [2.45, 2.75) is 31.7 Å². The maximum absolute atomic E-state index is 11.7. The number of nitrogens with two attached hydrogens (primary N) is 1. The summed E-state index contributed by atoms with van der Waals surface area (Å²) in [4.78, 5) is 34.7. The van der Waals surface area contributed by atoms with Crippen molar-refractivity contribution in [3.05, 3.63) is 0 Å². The largest absolute Gasteiger partial charge is 0.480 e. The zero-order chi connectivity index (χ0) is 13.2. The van der Waals surface area contributed by atoms with Crippen LogP contribution in [0, 0.1) is 0 Å². The fraction of sp³-hybridized carbons (Fsp3) is 0.667. The minimum atomic E-state index is -1.24. The highest BCUT2D eigenvalue weighted by Crippen LogP contribution is 2.14. The van der Waals surface area contributed by atoms with Gasteiger partial charge in [-0.2, -0.15) is 0 Å². The summed E-state index contributed by atoms with van der Waals surface area (Å²) in [5, 5.41) is 20.1. The lowest BCUT2D eigenvalue weighted by molar-refractivity contribution is -0.148. The maximum atomic E-state index is 11.7. The zero-order valence-corrected chi connectivity index (χ0v) is 9.29. The number of amides is 2. The molecule has 0 bridgehead atoms. The molecule has 0 saturated carbocycles.